The van der Waals surface area contributed by atoms with Crippen LogP contribution in [0.2, 0.25) is 0 Å². The van der Waals surface area contributed by atoms with E-state index in [1.165, 1.54) is 42.2 Å². The molecule has 0 aliphatic heterocycles. The van der Waals surface area contributed by atoms with Crippen LogP contribution < -0.4 is 5.32 Å². The predicted molar refractivity (Wildman–Crippen MR) is 120 cm³/mol. The van der Waals surface area contributed by atoms with Gasteiger partial charge in [-0.15, -0.1) is 5.10 Å². The third kappa shape index (κ3) is 4.67. The molecule has 158 valence electrons. The summed E-state index contributed by atoms with van der Waals surface area (Å²) in [5, 5.41) is 8.40. The Labute approximate surface area is 181 Å². The van der Waals surface area contributed by atoms with Crippen LogP contribution in [0, 0.1) is 19.8 Å². The summed E-state index contributed by atoms with van der Waals surface area (Å²) in [4.78, 5) is 21.6. The number of carbonyl (C=O) groups is 1. The number of rotatable bonds is 6. The molecule has 1 aromatic carbocycles. The van der Waals surface area contributed by atoms with E-state index >= 15 is 0 Å². The Kier molecular flexibility index (Phi) is 6.37. The van der Waals surface area contributed by atoms with Gasteiger partial charge in [0.25, 0.3) is 5.78 Å². The first-order valence-electron chi connectivity index (χ1n) is 10.7. The molecule has 1 aliphatic carbocycles. The molecule has 7 heteroatoms. The van der Waals surface area contributed by atoms with Crippen LogP contribution >= 0.6 is 11.8 Å². The van der Waals surface area contributed by atoms with Gasteiger partial charge in [-0.05, 0) is 43.7 Å². The molecule has 0 bridgehead atoms. The number of hydrogen-bond donors (Lipinski definition) is 1. The molecule has 4 rings (SSSR count). The van der Waals surface area contributed by atoms with E-state index in [4.69, 9.17) is 0 Å². The van der Waals surface area contributed by atoms with Crippen molar-refractivity contribution in [1.82, 2.24) is 24.9 Å². The Morgan fingerprint density at radius 1 is 1.17 bits per heavy atom. The van der Waals surface area contributed by atoms with Crippen LogP contribution in [0.15, 0.2) is 35.5 Å². The zero-order valence-electron chi connectivity index (χ0n) is 17.9. The van der Waals surface area contributed by atoms with Gasteiger partial charge >= 0.3 is 0 Å². The lowest BCUT2D eigenvalue weighted by Crippen LogP contribution is -2.41. The molecule has 1 fully saturated rings. The normalized spacial score (nSPS) is 19.2. The number of amides is 1. The summed E-state index contributed by atoms with van der Waals surface area (Å²) < 4.78 is 1.80. The summed E-state index contributed by atoms with van der Waals surface area (Å²) in [5.74, 6) is 1.53. The van der Waals surface area contributed by atoms with E-state index < -0.39 is 0 Å². The number of hydrogen-bond acceptors (Lipinski definition) is 5. The van der Waals surface area contributed by atoms with Gasteiger partial charge in [0.1, 0.15) is 0 Å². The molecule has 6 nitrogen and oxygen atoms in total. The monoisotopic (exact) mass is 423 g/mol. The molecule has 2 atom stereocenters. The number of nitrogens with zero attached hydrogens (tertiary/aromatic N) is 4. The SMILES string of the molecule is Cc1nc2nc(SCC(=O)NC3CCCCC3C)nn2c(C)c1Cc1ccccc1. The van der Waals surface area contributed by atoms with Crippen molar-refractivity contribution in [2.45, 2.75) is 64.1 Å². The fraction of sp³-hybridized carbons (Fsp3) is 0.478. The van der Waals surface area contributed by atoms with Crippen molar-refractivity contribution >= 4 is 23.4 Å². The van der Waals surface area contributed by atoms with Crippen molar-refractivity contribution in [3.63, 3.8) is 0 Å². The van der Waals surface area contributed by atoms with Crippen molar-refractivity contribution < 1.29 is 4.79 Å². The smallest absolute Gasteiger partial charge is 0.253 e. The van der Waals surface area contributed by atoms with Crippen LogP contribution in [0.3, 0.4) is 0 Å². The maximum absolute atomic E-state index is 12.4. The minimum atomic E-state index is 0.0586. The Hall–Kier alpha value is -2.41. The number of aryl methyl sites for hydroxylation is 2. The standard InChI is InChI=1S/C23H29N5OS/c1-15-9-7-8-12-20(15)25-21(29)14-30-23-26-22-24-16(2)19(17(3)28(22)27-23)13-18-10-5-4-6-11-18/h4-6,10-11,15,20H,7-9,12-14H2,1-3H3,(H,25,29). The van der Waals surface area contributed by atoms with Crippen LogP contribution in [0.1, 0.15) is 55.1 Å². The average molecular weight is 424 g/mol. The Bertz CT molecular complexity index is 1030. The van der Waals surface area contributed by atoms with Crippen LogP contribution in [-0.2, 0) is 11.2 Å². The molecule has 0 spiro atoms. The van der Waals surface area contributed by atoms with E-state index in [-0.39, 0.29) is 5.91 Å². The molecule has 0 radical (unpaired) electrons. The summed E-state index contributed by atoms with van der Waals surface area (Å²) in [6.45, 7) is 6.30. The second kappa shape index (κ2) is 9.16. The summed E-state index contributed by atoms with van der Waals surface area (Å²) in [5.41, 5.74) is 4.42. The van der Waals surface area contributed by atoms with E-state index in [9.17, 15) is 4.79 Å². The number of nitrogens with one attached hydrogen (secondary N) is 1. The van der Waals surface area contributed by atoms with E-state index in [1.807, 2.05) is 13.0 Å². The summed E-state index contributed by atoms with van der Waals surface area (Å²) >= 11 is 1.37. The van der Waals surface area contributed by atoms with Gasteiger partial charge in [0, 0.05) is 23.9 Å². The molecule has 1 aliphatic rings. The molecule has 0 saturated heterocycles. The second-order valence-electron chi connectivity index (χ2n) is 8.25. The van der Waals surface area contributed by atoms with Gasteiger partial charge < -0.3 is 5.32 Å². The minimum Gasteiger partial charge on any atom is -0.352 e. The first-order chi connectivity index (χ1) is 14.5. The topological polar surface area (TPSA) is 72.2 Å². The second-order valence-corrected chi connectivity index (χ2v) is 9.20. The zero-order chi connectivity index (χ0) is 21.1. The number of fused-ring (bicyclic) bond motifs is 1. The van der Waals surface area contributed by atoms with Crippen molar-refractivity contribution in [1.29, 1.82) is 0 Å². The van der Waals surface area contributed by atoms with Crippen molar-refractivity contribution in [2.24, 2.45) is 5.92 Å². The number of carbonyl (C=O) groups excluding carboxylic acids is 1. The van der Waals surface area contributed by atoms with Gasteiger partial charge in [-0.2, -0.15) is 4.98 Å². The highest BCUT2D eigenvalue weighted by Crippen LogP contribution is 2.24. The van der Waals surface area contributed by atoms with Crippen molar-refractivity contribution in [3.05, 3.63) is 52.8 Å². The summed E-state index contributed by atoms with van der Waals surface area (Å²) in [6.07, 6.45) is 5.56. The van der Waals surface area contributed by atoms with Crippen LogP contribution in [0.25, 0.3) is 5.78 Å². The molecule has 1 amide bonds. The lowest BCUT2D eigenvalue weighted by molar-refractivity contribution is -0.119. The highest BCUT2D eigenvalue weighted by Gasteiger charge is 2.23. The molecule has 30 heavy (non-hydrogen) atoms. The zero-order valence-corrected chi connectivity index (χ0v) is 18.7. The molecule has 1 N–H and O–H groups in total. The van der Waals surface area contributed by atoms with Gasteiger partial charge in [-0.25, -0.2) is 9.50 Å². The predicted octanol–water partition coefficient (Wildman–Crippen LogP) is 4.12. The van der Waals surface area contributed by atoms with E-state index in [1.54, 1.807) is 4.52 Å². The van der Waals surface area contributed by atoms with Gasteiger partial charge in [-0.1, -0.05) is 61.9 Å². The lowest BCUT2D eigenvalue weighted by atomic mass is 9.86. The molecule has 2 heterocycles. The Balaban J connectivity index is 1.45. The fourth-order valence-electron chi connectivity index (χ4n) is 4.22. The first kappa shape index (κ1) is 20.8. The molecule has 3 aromatic rings. The molecule has 2 aromatic heterocycles. The van der Waals surface area contributed by atoms with Crippen molar-refractivity contribution in [3.8, 4) is 0 Å². The maximum Gasteiger partial charge on any atom is 0.253 e. The van der Waals surface area contributed by atoms with Crippen LogP contribution in [0.4, 0.5) is 0 Å². The van der Waals surface area contributed by atoms with E-state index in [2.05, 4.69) is 58.5 Å². The quantitative estimate of drug-likeness (QED) is 0.604. The summed E-state index contributed by atoms with van der Waals surface area (Å²) in [6, 6.07) is 10.7. The van der Waals surface area contributed by atoms with Gasteiger partial charge in [-0.3, -0.25) is 4.79 Å². The summed E-state index contributed by atoms with van der Waals surface area (Å²) in [7, 11) is 0. The molecule has 1 saturated carbocycles. The third-order valence-electron chi connectivity index (χ3n) is 6.04. The van der Waals surface area contributed by atoms with E-state index in [0.717, 1.165) is 24.2 Å². The molecule has 2 unspecified atom stereocenters. The third-order valence-corrected chi connectivity index (χ3v) is 6.88. The van der Waals surface area contributed by atoms with Crippen LogP contribution in [0.5, 0.6) is 0 Å². The fourth-order valence-corrected chi connectivity index (χ4v) is 4.85. The van der Waals surface area contributed by atoms with Gasteiger partial charge in [0.15, 0.2) is 0 Å². The van der Waals surface area contributed by atoms with Gasteiger partial charge in [0.2, 0.25) is 11.1 Å². The average Bonchev–Trinajstić information content (AvgIpc) is 3.15. The van der Waals surface area contributed by atoms with Crippen molar-refractivity contribution in [2.75, 3.05) is 5.75 Å². The van der Waals surface area contributed by atoms with E-state index in [0.29, 0.717) is 28.6 Å². The first-order valence-corrected chi connectivity index (χ1v) is 11.7. The maximum atomic E-state index is 12.4. The minimum absolute atomic E-state index is 0.0586. The number of aromatic nitrogens is 4. The number of thioether (sulfide) groups is 1. The van der Waals surface area contributed by atoms with Crippen LogP contribution in [-0.4, -0.2) is 37.3 Å². The highest BCUT2D eigenvalue weighted by molar-refractivity contribution is 7.99. The van der Waals surface area contributed by atoms with Gasteiger partial charge in [0.05, 0.1) is 5.75 Å². The lowest BCUT2D eigenvalue weighted by Gasteiger charge is -2.29. The largest absolute Gasteiger partial charge is 0.352 e. The Morgan fingerprint density at radius 3 is 2.70 bits per heavy atom. The number of benzene rings is 1. The molecular weight excluding hydrogens is 394 g/mol. The highest BCUT2D eigenvalue weighted by atomic mass is 32.2. The Morgan fingerprint density at radius 2 is 1.93 bits per heavy atom. The molecular formula is C23H29N5OS.